The van der Waals surface area contributed by atoms with E-state index in [-0.39, 0.29) is 0 Å². The van der Waals surface area contributed by atoms with Crippen molar-refractivity contribution in [3.63, 3.8) is 0 Å². The van der Waals surface area contributed by atoms with Gasteiger partial charge in [-0.3, -0.25) is 0 Å². The fraction of sp³-hybridized carbons (Fsp3) is 0.583. The van der Waals surface area contributed by atoms with E-state index in [9.17, 15) is 0 Å². The van der Waals surface area contributed by atoms with Gasteiger partial charge in [-0.25, -0.2) is 4.98 Å². The van der Waals surface area contributed by atoms with E-state index >= 15 is 0 Å². The molecule has 0 radical (unpaired) electrons. The summed E-state index contributed by atoms with van der Waals surface area (Å²) in [4.78, 5) is 8.78. The van der Waals surface area contributed by atoms with Gasteiger partial charge in [-0.2, -0.15) is 0 Å². The van der Waals surface area contributed by atoms with Crippen molar-refractivity contribution in [1.29, 1.82) is 0 Å². The summed E-state index contributed by atoms with van der Waals surface area (Å²) in [6, 6.07) is 4.52. The van der Waals surface area contributed by atoms with Crippen LogP contribution in [-0.2, 0) is 0 Å². The molecule has 16 heavy (non-hydrogen) atoms. The molecule has 3 nitrogen and oxygen atoms in total. The maximum atomic E-state index is 5.77. The van der Waals surface area contributed by atoms with Gasteiger partial charge in [0.1, 0.15) is 5.15 Å². The van der Waals surface area contributed by atoms with Crippen LogP contribution in [0, 0.1) is 0 Å². The Kier molecular flexibility index (Phi) is 3.66. The summed E-state index contributed by atoms with van der Waals surface area (Å²) in [7, 11) is 4.31. The maximum absolute atomic E-state index is 5.77. The van der Waals surface area contributed by atoms with E-state index in [4.69, 9.17) is 11.6 Å². The number of aromatic nitrogens is 1. The molecule has 0 aliphatic carbocycles. The van der Waals surface area contributed by atoms with Gasteiger partial charge in [0.05, 0.1) is 11.9 Å². The van der Waals surface area contributed by atoms with Crippen molar-refractivity contribution in [3.05, 3.63) is 23.5 Å². The Morgan fingerprint density at radius 3 is 2.94 bits per heavy atom. The van der Waals surface area contributed by atoms with Crippen LogP contribution in [0.3, 0.4) is 0 Å². The van der Waals surface area contributed by atoms with Crippen molar-refractivity contribution in [1.82, 2.24) is 9.88 Å². The first-order valence-electron chi connectivity index (χ1n) is 5.70. The Labute approximate surface area is 102 Å². The predicted octanol–water partition coefficient (Wildman–Crippen LogP) is 2.27. The highest BCUT2D eigenvalue weighted by molar-refractivity contribution is 6.29. The van der Waals surface area contributed by atoms with Gasteiger partial charge in [-0.15, -0.1) is 0 Å². The Morgan fingerprint density at radius 1 is 1.56 bits per heavy atom. The topological polar surface area (TPSA) is 19.4 Å². The van der Waals surface area contributed by atoms with Gasteiger partial charge in [0.25, 0.3) is 0 Å². The zero-order valence-corrected chi connectivity index (χ0v) is 10.6. The minimum atomic E-state index is 0.551. The zero-order valence-electron chi connectivity index (χ0n) is 9.86. The van der Waals surface area contributed by atoms with E-state index in [1.807, 2.05) is 18.3 Å². The van der Waals surface area contributed by atoms with Crippen LogP contribution >= 0.6 is 11.6 Å². The largest absolute Gasteiger partial charge is 0.372 e. The molecule has 0 amide bonds. The lowest BCUT2D eigenvalue weighted by molar-refractivity contribution is 0.314. The van der Waals surface area contributed by atoms with Crippen molar-refractivity contribution < 1.29 is 0 Å². The lowest BCUT2D eigenvalue weighted by Crippen LogP contribution is -2.36. The summed E-state index contributed by atoms with van der Waals surface area (Å²) in [5.74, 6) is 0. The number of likely N-dealkylation sites (tertiary alicyclic amines) is 1. The third-order valence-electron chi connectivity index (χ3n) is 3.31. The highest BCUT2D eigenvalue weighted by Gasteiger charge is 2.22. The molecule has 0 saturated carbocycles. The Hall–Kier alpha value is -0.800. The van der Waals surface area contributed by atoms with E-state index < -0.39 is 0 Å². The normalized spacial score (nSPS) is 21.3. The molecular weight excluding hydrogens is 222 g/mol. The number of likely N-dealkylation sites (N-methyl/N-ethyl adjacent to an activating group) is 2. The average molecular weight is 240 g/mol. The van der Waals surface area contributed by atoms with E-state index in [1.54, 1.807) is 0 Å². The SMILES string of the molecule is CN(C[C@H]1CCCN1C)c1ccc(Cl)nc1. The van der Waals surface area contributed by atoms with Crippen LogP contribution in [0.25, 0.3) is 0 Å². The van der Waals surface area contributed by atoms with Crippen LogP contribution < -0.4 is 4.90 Å². The van der Waals surface area contributed by atoms with Gasteiger partial charge < -0.3 is 9.80 Å². The highest BCUT2D eigenvalue weighted by Crippen LogP contribution is 2.19. The van der Waals surface area contributed by atoms with Crippen LogP contribution in [0.4, 0.5) is 5.69 Å². The van der Waals surface area contributed by atoms with Gasteiger partial charge in [-0.05, 0) is 38.6 Å². The number of halogens is 1. The molecule has 1 aliphatic rings. The quantitative estimate of drug-likeness (QED) is 0.755. The highest BCUT2D eigenvalue weighted by atomic mass is 35.5. The van der Waals surface area contributed by atoms with Crippen molar-refractivity contribution in [2.75, 3.05) is 32.1 Å². The van der Waals surface area contributed by atoms with Crippen molar-refractivity contribution in [3.8, 4) is 0 Å². The number of hydrogen-bond acceptors (Lipinski definition) is 3. The van der Waals surface area contributed by atoms with Crippen LogP contribution in [0.1, 0.15) is 12.8 Å². The van der Waals surface area contributed by atoms with Crippen LogP contribution in [0.2, 0.25) is 5.15 Å². The molecule has 1 aromatic heterocycles. The third kappa shape index (κ3) is 2.66. The molecule has 0 N–H and O–H groups in total. The average Bonchev–Trinajstić information content (AvgIpc) is 2.65. The fourth-order valence-electron chi connectivity index (χ4n) is 2.23. The lowest BCUT2D eigenvalue weighted by Gasteiger charge is -2.27. The van der Waals surface area contributed by atoms with Crippen LogP contribution in [0.5, 0.6) is 0 Å². The summed E-state index contributed by atoms with van der Waals surface area (Å²) in [5, 5.41) is 0.551. The second kappa shape index (κ2) is 5.02. The maximum Gasteiger partial charge on any atom is 0.129 e. The summed E-state index contributed by atoms with van der Waals surface area (Å²) >= 11 is 5.77. The molecule has 4 heteroatoms. The van der Waals surface area contributed by atoms with E-state index in [0.717, 1.165) is 12.2 Å². The van der Waals surface area contributed by atoms with Crippen molar-refractivity contribution in [2.24, 2.45) is 0 Å². The Bertz CT molecular complexity index is 339. The van der Waals surface area contributed by atoms with E-state index in [0.29, 0.717) is 11.2 Å². The molecular formula is C12H18ClN3. The minimum absolute atomic E-state index is 0.551. The van der Waals surface area contributed by atoms with Gasteiger partial charge in [0, 0.05) is 19.6 Å². The molecule has 2 rings (SSSR count). The second-order valence-electron chi connectivity index (χ2n) is 4.50. The van der Waals surface area contributed by atoms with Gasteiger partial charge in [-0.1, -0.05) is 11.6 Å². The molecule has 0 spiro atoms. The first-order valence-corrected chi connectivity index (χ1v) is 6.07. The van der Waals surface area contributed by atoms with Gasteiger partial charge in [0.15, 0.2) is 0 Å². The first kappa shape index (κ1) is 11.7. The number of hydrogen-bond donors (Lipinski definition) is 0. The Morgan fingerprint density at radius 2 is 2.38 bits per heavy atom. The van der Waals surface area contributed by atoms with Crippen molar-refractivity contribution in [2.45, 2.75) is 18.9 Å². The standard InChI is InChI=1S/C12H18ClN3/c1-15-7-3-4-11(15)9-16(2)10-5-6-12(13)14-8-10/h5-6,8,11H,3-4,7,9H2,1-2H3/t11-/m1/s1. The van der Waals surface area contributed by atoms with Crippen LogP contribution in [-0.4, -0.2) is 43.1 Å². The molecule has 0 aromatic carbocycles. The summed E-state index contributed by atoms with van der Waals surface area (Å²) in [6.45, 7) is 2.27. The number of pyridine rings is 1. The summed E-state index contributed by atoms with van der Waals surface area (Å²) in [6.07, 6.45) is 4.44. The number of anilines is 1. The van der Waals surface area contributed by atoms with Gasteiger partial charge >= 0.3 is 0 Å². The first-order chi connectivity index (χ1) is 7.66. The fourth-order valence-corrected chi connectivity index (χ4v) is 2.34. The molecule has 2 heterocycles. The molecule has 1 saturated heterocycles. The van der Waals surface area contributed by atoms with Crippen LogP contribution in [0.15, 0.2) is 18.3 Å². The van der Waals surface area contributed by atoms with Gasteiger partial charge in [0.2, 0.25) is 0 Å². The third-order valence-corrected chi connectivity index (χ3v) is 3.53. The predicted molar refractivity (Wildman–Crippen MR) is 68.2 cm³/mol. The minimum Gasteiger partial charge on any atom is -0.372 e. The molecule has 1 aromatic rings. The van der Waals surface area contributed by atoms with Crippen molar-refractivity contribution >= 4 is 17.3 Å². The smallest absolute Gasteiger partial charge is 0.129 e. The zero-order chi connectivity index (χ0) is 11.5. The number of rotatable bonds is 3. The Balaban J connectivity index is 1.97. The monoisotopic (exact) mass is 239 g/mol. The van der Waals surface area contributed by atoms with E-state index in [1.165, 1.54) is 19.4 Å². The summed E-state index contributed by atoms with van der Waals surface area (Å²) in [5.41, 5.74) is 1.13. The molecule has 1 atom stereocenters. The molecule has 88 valence electrons. The number of nitrogens with zero attached hydrogens (tertiary/aromatic N) is 3. The molecule has 1 fully saturated rings. The lowest BCUT2D eigenvalue weighted by atomic mass is 10.2. The molecule has 0 unspecified atom stereocenters. The second-order valence-corrected chi connectivity index (χ2v) is 4.88. The molecule has 1 aliphatic heterocycles. The summed E-state index contributed by atoms with van der Waals surface area (Å²) < 4.78 is 0. The molecule has 0 bridgehead atoms. The van der Waals surface area contributed by atoms with E-state index in [2.05, 4.69) is 28.9 Å².